The molecule has 3 amide bonds. The Morgan fingerprint density at radius 1 is 1.22 bits per heavy atom. The number of nitrogens with one attached hydrogen (secondary N) is 1. The van der Waals surface area contributed by atoms with Crippen molar-refractivity contribution in [1.29, 1.82) is 0 Å². The van der Waals surface area contributed by atoms with Crippen LogP contribution in [0.3, 0.4) is 0 Å². The minimum atomic E-state index is -0.982. The van der Waals surface area contributed by atoms with Gasteiger partial charge in [0.15, 0.2) is 0 Å². The molecule has 124 valence electrons. The monoisotopic (exact) mass is 318 g/mol. The summed E-state index contributed by atoms with van der Waals surface area (Å²) in [4.78, 5) is 36.4. The first-order valence-electron chi connectivity index (χ1n) is 7.59. The average Bonchev–Trinajstić information content (AvgIpc) is 2.67. The normalized spacial score (nSPS) is 16.7. The van der Waals surface area contributed by atoms with E-state index in [-0.39, 0.29) is 13.2 Å². The van der Waals surface area contributed by atoms with Gasteiger partial charge in [0.2, 0.25) is 0 Å². The van der Waals surface area contributed by atoms with Gasteiger partial charge in [-0.25, -0.2) is 4.79 Å². The Kier molecular flexibility index (Phi) is 4.73. The highest BCUT2D eigenvalue weighted by Gasteiger charge is 2.45. The first-order chi connectivity index (χ1) is 10.7. The van der Waals surface area contributed by atoms with Gasteiger partial charge in [0.25, 0.3) is 5.91 Å². The van der Waals surface area contributed by atoms with Gasteiger partial charge in [0.1, 0.15) is 18.7 Å². The Morgan fingerprint density at radius 3 is 2.30 bits per heavy atom. The van der Waals surface area contributed by atoms with Crippen molar-refractivity contribution in [2.45, 2.75) is 45.8 Å². The molecule has 0 saturated carbocycles. The van der Waals surface area contributed by atoms with Gasteiger partial charge in [-0.3, -0.25) is 14.5 Å². The smallest absolute Gasteiger partial charge is 0.326 e. The van der Waals surface area contributed by atoms with E-state index in [1.165, 1.54) is 5.56 Å². The van der Waals surface area contributed by atoms with Gasteiger partial charge in [-0.1, -0.05) is 38.1 Å². The summed E-state index contributed by atoms with van der Waals surface area (Å²) in [6.45, 7) is 7.13. The molecular weight excluding hydrogens is 296 g/mol. The van der Waals surface area contributed by atoms with Crippen LogP contribution in [0, 0.1) is 0 Å². The largest absolute Gasteiger partial charge is 0.459 e. The first-order valence-corrected chi connectivity index (χ1v) is 7.59. The number of hydrogen-bond donors (Lipinski definition) is 1. The van der Waals surface area contributed by atoms with E-state index < -0.39 is 23.4 Å². The summed E-state index contributed by atoms with van der Waals surface area (Å²) in [6.07, 6.45) is 0. The summed E-state index contributed by atoms with van der Waals surface area (Å²) in [6, 6.07) is 7.22. The number of ether oxygens (including phenoxy) is 1. The molecule has 0 spiro atoms. The summed E-state index contributed by atoms with van der Waals surface area (Å²) in [7, 11) is 0. The maximum Gasteiger partial charge on any atom is 0.326 e. The molecule has 23 heavy (non-hydrogen) atoms. The van der Waals surface area contributed by atoms with Crippen molar-refractivity contribution in [3.8, 4) is 0 Å². The Balaban J connectivity index is 1.88. The second-order valence-corrected chi connectivity index (χ2v) is 6.50. The highest BCUT2D eigenvalue weighted by atomic mass is 16.5. The highest BCUT2D eigenvalue weighted by molar-refractivity contribution is 6.08. The molecule has 0 radical (unpaired) electrons. The predicted molar refractivity (Wildman–Crippen MR) is 84.7 cm³/mol. The number of rotatable bonds is 5. The predicted octanol–water partition coefficient (Wildman–Crippen LogP) is 2.18. The minimum Gasteiger partial charge on any atom is -0.459 e. The topological polar surface area (TPSA) is 75.7 Å². The molecule has 1 aliphatic heterocycles. The van der Waals surface area contributed by atoms with Crippen molar-refractivity contribution in [2.75, 3.05) is 6.54 Å². The fraction of sp³-hybridized carbons (Fsp3) is 0.471. The van der Waals surface area contributed by atoms with Gasteiger partial charge in [0.05, 0.1) is 0 Å². The van der Waals surface area contributed by atoms with E-state index in [1.807, 2.05) is 24.3 Å². The lowest BCUT2D eigenvalue weighted by molar-refractivity contribution is -0.148. The van der Waals surface area contributed by atoms with Gasteiger partial charge >= 0.3 is 12.0 Å². The first kappa shape index (κ1) is 17.0. The lowest BCUT2D eigenvalue weighted by atomic mass is 10.0. The quantitative estimate of drug-likeness (QED) is 0.667. The molecule has 0 unspecified atom stereocenters. The minimum absolute atomic E-state index is 0.115. The maximum absolute atomic E-state index is 12.0. The summed E-state index contributed by atoms with van der Waals surface area (Å²) < 4.78 is 5.14. The third-order valence-electron chi connectivity index (χ3n) is 3.78. The van der Waals surface area contributed by atoms with E-state index >= 15 is 0 Å². The Labute approximate surface area is 135 Å². The van der Waals surface area contributed by atoms with E-state index in [2.05, 4.69) is 19.2 Å². The number of imide groups is 1. The van der Waals surface area contributed by atoms with Crippen LogP contribution in [0.4, 0.5) is 4.79 Å². The van der Waals surface area contributed by atoms with Crippen molar-refractivity contribution in [1.82, 2.24) is 10.2 Å². The fourth-order valence-electron chi connectivity index (χ4n) is 2.30. The molecule has 6 nitrogen and oxygen atoms in total. The lowest BCUT2D eigenvalue weighted by Gasteiger charge is -2.15. The van der Waals surface area contributed by atoms with E-state index in [9.17, 15) is 14.4 Å². The maximum atomic E-state index is 12.0. The SMILES string of the molecule is CC(C)c1ccc(COC(=O)CN2C(=O)NC(C)(C)C2=O)cc1. The molecule has 0 aromatic heterocycles. The molecule has 1 N–H and O–H groups in total. The molecule has 1 heterocycles. The van der Waals surface area contributed by atoms with E-state index in [0.29, 0.717) is 5.92 Å². The highest BCUT2D eigenvalue weighted by Crippen LogP contribution is 2.17. The number of hydrogen-bond acceptors (Lipinski definition) is 4. The molecule has 1 fully saturated rings. The number of esters is 1. The molecule has 1 aliphatic rings. The van der Waals surface area contributed by atoms with Crippen LogP contribution in [-0.4, -0.2) is 34.9 Å². The Morgan fingerprint density at radius 2 is 1.83 bits per heavy atom. The average molecular weight is 318 g/mol. The van der Waals surface area contributed by atoms with Crippen molar-refractivity contribution in [2.24, 2.45) is 0 Å². The van der Waals surface area contributed by atoms with Crippen molar-refractivity contribution in [3.05, 3.63) is 35.4 Å². The number of urea groups is 1. The van der Waals surface area contributed by atoms with Gasteiger partial charge in [-0.2, -0.15) is 0 Å². The molecule has 1 aromatic rings. The van der Waals surface area contributed by atoms with Crippen LogP contribution in [0.1, 0.15) is 44.7 Å². The second-order valence-electron chi connectivity index (χ2n) is 6.50. The molecule has 0 aliphatic carbocycles. The van der Waals surface area contributed by atoms with Crippen LogP contribution in [0.2, 0.25) is 0 Å². The van der Waals surface area contributed by atoms with E-state index in [1.54, 1.807) is 13.8 Å². The number of carbonyl (C=O) groups excluding carboxylic acids is 3. The molecular formula is C17H22N2O4. The number of amides is 3. The zero-order valence-electron chi connectivity index (χ0n) is 13.9. The van der Waals surface area contributed by atoms with Crippen LogP contribution < -0.4 is 5.32 Å². The van der Waals surface area contributed by atoms with Gasteiger partial charge in [-0.05, 0) is 30.9 Å². The zero-order chi connectivity index (χ0) is 17.2. The van der Waals surface area contributed by atoms with Crippen molar-refractivity contribution in [3.63, 3.8) is 0 Å². The van der Waals surface area contributed by atoms with Crippen LogP contribution in [0.15, 0.2) is 24.3 Å². The Hall–Kier alpha value is -2.37. The summed E-state index contributed by atoms with van der Waals surface area (Å²) in [5.74, 6) is -0.602. The molecule has 1 aromatic carbocycles. The van der Waals surface area contributed by atoms with Gasteiger partial charge in [-0.15, -0.1) is 0 Å². The van der Waals surface area contributed by atoms with Gasteiger partial charge in [0, 0.05) is 0 Å². The van der Waals surface area contributed by atoms with Crippen LogP contribution in [0.5, 0.6) is 0 Å². The summed E-state index contributed by atoms with van der Waals surface area (Å²) in [5.41, 5.74) is 1.09. The third kappa shape index (κ3) is 3.88. The zero-order valence-corrected chi connectivity index (χ0v) is 13.9. The van der Waals surface area contributed by atoms with E-state index in [4.69, 9.17) is 4.74 Å². The molecule has 1 saturated heterocycles. The molecule has 6 heteroatoms. The molecule has 0 bridgehead atoms. The molecule has 0 atom stereocenters. The number of benzene rings is 1. The Bertz CT molecular complexity index is 620. The summed E-state index contributed by atoms with van der Waals surface area (Å²) >= 11 is 0. The van der Waals surface area contributed by atoms with E-state index in [0.717, 1.165) is 10.5 Å². The fourth-order valence-corrected chi connectivity index (χ4v) is 2.30. The third-order valence-corrected chi connectivity index (χ3v) is 3.78. The number of carbonyl (C=O) groups is 3. The second kappa shape index (κ2) is 6.40. The molecule has 2 rings (SSSR count). The standard InChI is InChI=1S/C17H22N2O4/c1-11(2)13-7-5-12(6-8-13)10-23-14(20)9-19-15(21)17(3,4)18-16(19)22/h5-8,11H,9-10H2,1-4H3,(H,18,22). The van der Waals surface area contributed by atoms with Crippen molar-refractivity contribution >= 4 is 17.9 Å². The van der Waals surface area contributed by atoms with Crippen LogP contribution >= 0.6 is 0 Å². The summed E-state index contributed by atoms with van der Waals surface area (Å²) in [5, 5.41) is 2.52. The lowest BCUT2D eigenvalue weighted by Crippen LogP contribution is -2.41. The van der Waals surface area contributed by atoms with Crippen molar-refractivity contribution < 1.29 is 19.1 Å². The van der Waals surface area contributed by atoms with Crippen LogP contribution in [0.25, 0.3) is 0 Å². The van der Waals surface area contributed by atoms with Crippen LogP contribution in [-0.2, 0) is 20.9 Å². The van der Waals surface area contributed by atoms with Gasteiger partial charge < -0.3 is 10.1 Å². The number of nitrogens with zero attached hydrogens (tertiary/aromatic N) is 1.